The van der Waals surface area contributed by atoms with E-state index >= 15 is 0 Å². The molecule has 0 amide bonds. The summed E-state index contributed by atoms with van der Waals surface area (Å²) in [5.41, 5.74) is 3.84. The van der Waals surface area contributed by atoms with Crippen LogP contribution in [0.15, 0.2) is 41.6 Å². The van der Waals surface area contributed by atoms with Crippen molar-refractivity contribution in [2.45, 2.75) is 0 Å². The van der Waals surface area contributed by atoms with Crippen molar-refractivity contribution in [3.8, 4) is 0 Å². The molecular formula is C7H9N3. The second-order valence-electron chi connectivity index (χ2n) is 1.87. The van der Waals surface area contributed by atoms with Crippen LogP contribution in [0.2, 0.25) is 0 Å². The summed E-state index contributed by atoms with van der Waals surface area (Å²) in [5.74, 6) is 4.98. The van der Waals surface area contributed by atoms with Gasteiger partial charge in [-0.25, -0.2) is 11.4 Å². The van der Waals surface area contributed by atoms with Gasteiger partial charge in [-0.15, -0.1) is 0 Å². The minimum Gasteiger partial charge on any atom is -0.245 e. The highest BCUT2D eigenvalue weighted by atomic mass is 15.5. The van der Waals surface area contributed by atoms with Crippen LogP contribution in [0.3, 0.4) is 0 Å². The van der Waals surface area contributed by atoms with Crippen LogP contribution in [0.5, 0.6) is 0 Å². The Balaban J connectivity index is 2.80. The molecule has 0 atom stereocenters. The summed E-state index contributed by atoms with van der Waals surface area (Å²) >= 11 is 0. The first-order valence-corrected chi connectivity index (χ1v) is 2.92. The molecule has 0 aromatic carbocycles. The first-order chi connectivity index (χ1) is 4.84. The Bertz CT molecular complexity index is 223. The monoisotopic (exact) mass is 135 g/mol. The summed E-state index contributed by atoms with van der Waals surface area (Å²) in [6, 6.07) is 0. The van der Waals surface area contributed by atoms with E-state index in [0.717, 1.165) is 11.3 Å². The van der Waals surface area contributed by atoms with Crippen molar-refractivity contribution in [3.05, 3.63) is 36.5 Å². The molecule has 3 heteroatoms. The lowest BCUT2D eigenvalue weighted by Gasteiger charge is -2.02. The van der Waals surface area contributed by atoms with E-state index in [9.17, 15) is 0 Å². The van der Waals surface area contributed by atoms with E-state index < -0.39 is 0 Å². The van der Waals surface area contributed by atoms with Gasteiger partial charge in [-0.3, -0.25) is 0 Å². The Morgan fingerprint density at radius 3 is 2.70 bits per heavy atom. The van der Waals surface area contributed by atoms with Crippen molar-refractivity contribution < 1.29 is 0 Å². The fraction of sp³-hybridized carbons (Fsp3) is 0. The summed E-state index contributed by atoms with van der Waals surface area (Å²) in [6.07, 6.45) is 7.49. The van der Waals surface area contributed by atoms with Crippen LogP contribution in [-0.4, -0.2) is 5.71 Å². The van der Waals surface area contributed by atoms with Gasteiger partial charge in [-0.1, -0.05) is 24.8 Å². The van der Waals surface area contributed by atoms with Crippen LogP contribution in [-0.2, 0) is 0 Å². The predicted octanol–water partition coefficient (Wildman–Crippen LogP) is 0.488. The zero-order chi connectivity index (χ0) is 7.40. The maximum absolute atomic E-state index is 4.98. The van der Waals surface area contributed by atoms with Crippen LogP contribution >= 0.6 is 0 Å². The van der Waals surface area contributed by atoms with Crippen LogP contribution in [0.1, 0.15) is 0 Å². The molecule has 1 aliphatic carbocycles. The van der Waals surface area contributed by atoms with E-state index in [-0.39, 0.29) is 0 Å². The zero-order valence-corrected chi connectivity index (χ0v) is 5.54. The van der Waals surface area contributed by atoms with Crippen molar-refractivity contribution in [1.82, 2.24) is 5.53 Å². The molecular weight excluding hydrogens is 126 g/mol. The number of nitrogens with one attached hydrogen (secondary N) is 1. The minimum atomic E-state index is 0.769. The van der Waals surface area contributed by atoms with E-state index in [4.69, 9.17) is 5.84 Å². The maximum atomic E-state index is 4.98. The normalized spacial score (nSPS) is 20.1. The SMILES string of the molecule is C=C1C=CC=C/C1=N/NN. The van der Waals surface area contributed by atoms with Crippen LogP contribution < -0.4 is 11.4 Å². The van der Waals surface area contributed by atoms with Gasteiger partial charge >= 0.3 is 0 Å². The van der Waals surface area contributed by atoms with E-state index in [1.165, 1.54) is 0 Å². The lowest BCUT2D eigenvalue weighted by atomic mass is 10.1. The molecule has 0 spiro atoms. The van der Waals surface area contributed by atoms with Crippen molar-refractivity contribution in [2.75, 3.05) is 0 Å². The van der Waals surface area contributed by atoms with Gasteiger partial charge in [0.1, 0.15) is 0 Å². The Kier molecular flexibility index (Phi) is 2.02. The number of hydrogen-bond donors (Lipinski definition) is 2. The van der Waals surface area contributed by atoms with Gasteiger partial charge in [0.05, 0.1) is 5.71 Å². The van der Waals surface area contributed by atoms with E-state index in [1.807, 2.05) is 24.3 Å². The van der Waals surface area contributed by atoms with Crippen molar-refractivity contribution >= 4 is 5.71 Å². The van der Waals surface area contributed by atoms with Gasteiger partial charge in [-0.2, -0.15) is 5.10 Å². The summed E-state index contributed by atoms with van der Waals surface area (Å²) in [5, 5.41) is 3.77. The first-order valence-electron chi connectivity index (χ1n) is 2.92. The quantitative estimate of drug-likeness (QED) is 0.406. The zero-order valence-electron chi connectivity index (χ0n) is 5.54. The lowest BCUT2D eigenvalue weighted by Crippen LogP contribution is -2.17. The van der Waals surface area contributed by atoms with Gasteiger partial charge in [0, 0.05) is 0 Å². The third-order valence-corrected chi connectivity index (χ3v) is 1.18. The van der Waals surface area contributed by atoms with Crippen molar-refractivity contribution in [2.24, 2.45) is 10.9 Å². The van der Waals surface area contributed by atoms with Gasteiger partial charge in [0.2, 0.25) is 0 Å². The Morgan fingerprint density at radius 2 is 2.10 bits per heavy atom. The second-order valence-corrected chi connectivity index (χ2v) is 1.87. The maximum Gasteiger partial charge on any atom is 0.0911 e. The molecule has 10 heavy (non-hydrogen) atoms. The van der Waals surface area contributed by atoms with Gasteiger partial charge in [-0.05, 0) is 11.6 Å². The van der Waals surface area contributed by atoms with E-state index in [2.05, 4.69) is 17.2 Å². The summed E-state index contributed by atoms with van der Waals surface area (Å²) in [6.45, 7) is 3.75. The highest BCUT2D eigenvalue weighted by Gasteiger charge is 1.98. The molecule has 3 N–H and O–H groups in total. The topological polar surface area (TPSA) is 50.4 Å². The molecule has 0 saturated carbocycles. The molecule has 0 unspecified atom stereocenters. The molecule has 0 saturated heterocycles. The summed E-state index contributed by atoms with van der Waals surface area (Å²) in [7, 11) is 0. The molecule has 52 valence electrons. The van der Waals surface area contributed by atoms with E-state index in [0.29, 0.717) is 0 Å². The Hall–Kier alpha value is -1.35. The highest BCUT2D eigenvalue weighted by Crippen LogP contribution is 2.03. The van der Waals surface area contributed by atoms with Gasteiger partial charge in [0.25, 0.3) is 0 Å². The second kappa shape index (κ2) is 2.98. The van der Waals surface area contributed by atoms with Gasteiger partial charge < -0.3 is 0 Å². The smallest absolute Gasteiger partial charge is 0.0911 e. The van der Waals surface area contributed by atoms with Crippen LogP contribution in [0, 0.1) is 0 Å². The summed E-state index contributed by atoms with van der Waals surface area (Å²) in [4.78, 5) is 0. The Labute approximate surface area is 59.6 Å². The molecule has 0 aromatic rings. The molecule has 0 radical (unpaired) electrons. The van der Waals surface area contributed by atoms with Gasteiger partial charge in [0.15, 0.2) is 0 Å². The number of nitrogens with two attached hydrogens (primary N) is 1. The third-order valence-electron chi connectivity index (χ3n) is 1.18. The average molecular weight is 135 g/mol. The standard InChI is InChI=1S/C7H9N3/c1-6-4-2-3-5-7(6)9-10-8/h2-5,10H,1,8H2/b9-7-. The fourth-order valence-electron chi connectivity index (χ4n) is 0.689. The molecule has 1 rings (SSSR count). The summed E-state index contributed by atoms with van der Waals surface area (Å²) < 4.78 is 0. The highest BCUT2D eigenvalue weighted by molar-refractivity contribution is 6.10. The average Bonchev–Trinajstić information content (AvgIpc) is 1.94. The molecule has 0 fully saturated rings. The third kappa shape index (κ3) is 1.33. The predicted molar refractivity (Wildman–Crippen MR) is 42.2 cm³/mol. The van der Waals surface area contributed by atoms with Crippen LogP contribution in [0.25, 0.3) is 0 Å². The van der Waals surface area contributed by atoms with E-state index in [1.54, 1.807) is 0 Å². The molecule has 1 aliphatic rings. The van der Waals surface area contributed by atoms with Crippen molar-refractivity contribution in [3.63, 3.8) is 0 Å². The molecule has 0 aliphatic heterocycles. The number of hydrogen-bond acceptors (Lipinski definition) is 3. The largest absolute Gasteiger partial charge is 0.245 e. The fourth-order valence-corrected chi connectivity index (χ4v) is 0.689. The molecule has 3 nitrogen and oxygen atoms in total. The Morgan fingerprint density at radius 1 is 1.40 bits per heavy atom. The number of hydrazine groups is 1. The first kappa shape index (κ1) is 6.77. The number of allylic oxidation sites excluding steroid dienone is 5. The molecule has 0 aromatic heterocycles. The van der Waals surface area contributed by atoms with Crippen molar-refractivity contribution in [1.29, 1.82) is 0 Å². The molecule has 0 bridgehead atoms. The lowest BCUT2D eigenvalue weighted by molar-refractivity contribution is 0.807. The number of rotatable bonds is 1. The molecule has 0 heterocycles. The number of hydrazone groups is 1. The minimum absolute atomic E-state index is 0.769. The number of nitrogens with zero attached hydrogens (tertiary/aromatic N) is 1. The van der Waals surface area contributed by atoms with Crippen LogP contribution in [0.4, 0.5) is 0 Å².